The van der Waals surface area contributed by atoms with Crippen LogP contribution in [-0.2, 0) is 16.6 Å². The van der Waals surface area contributed by atoms with Gasteiger partial charge in [-0.2, -0.15) is 0 Å². The number of rotatable bonds is 6. The third-order valence-electron chi connectivity index (χ3n) is 3.74. The van der Waals surface area contributed by atoms with Crippen molar-refractivity contribution >= 4 is 10.0 Å². The van der Waals surface area contributed by atoms with Gasteiger partial charge in [-0.15, -0.1) is 0 Å². The first-order chi connectivity index (χ1) is 9.92. The van der Waals surface area contributed by atoms with E-state index in [1.165, 1.54) is 12.1 Å². The van der Waals surface area contributed by atoms with Crippen LogP contribution < -0.4 is 10.0 Å². The molecular weight excluding hydrogens is 293 g/mol. The second kappa shape index (κ2) is 6.83. The van der Waals surface area contributed by atoms with Crippen LogP contribution in [0.5, 0.6) is 0 Å². The summed E-state index contributed by atoms with van der Waals surface area (Å²) in [5.74, 6) is -0.234. The lowest BCUT2D eigenvalue weighted by atomic mass is 10.1. The highest BCUT2D eigenvalue weighted by Crippen LogP contribution is 2.19. The van der Waals surface area contributed by atoms with Crippen LogP contribution in [0, 0.1) is 11.7 Å². The van der Waals surface area contributed by atoms with Crippen LogP contribution in [0.15, 0.2) is 23.1 Å². The maximum absolute atomic E-state index is 13.4. The third-order valence-corrected chi connectivity index (χ3v) is 5.24. The Morgan fingerprint density at radius 2 is 2.19 bits per heavy atom. The number of benzene rings is 1. The van der Waals surface area contributed by atoms with Gasteiger partial charge in [-0.05, 0) is 50.7 Å². The molecule has 118 valence electrons. The second-order valence-corrected chi connectivity index (χ2v) is 7.29. The molecule has 1 aliphatic rings. The van der Waals surface area contributed by atoms with Crippen LogP contribution in [-0.4, -0.2) is 47.0 Å². The Labute approximate surface area is 125 Å². The first-order valence-corrected chi connectivity index (χ1v) is 8.52. The summed E-state index contributed by atoms with van der Waals surface area (Å²) in [4.78, 5) is 2.19. The van der Waals surface area contributed by atoms with E-state index in [2.05, 4.69) is 14.9 Å². The Balaban J connectivity index is 2.13. The summed E-state index contributed by atoms with van der Waals surface area (Å²) in [6, 6.07) is 3.86. The van der Waals surface area contributed by atoms with Gasteiger partial charge in [0.25, 0.3) is 0 Å². The molecule has 1 unspecified atom stereocenters. The average Bonchev–Trinajstić information content (AvgIpc) is 2.85. The molecule has 1 aromatic rings. The van der Waals surface area contributed by atoms with Gasteiger partial charge in [-0.3, -0.25) is 0 Å². The number of hydrogen-bond acceptors (Lipinski definition) is 4. The molecule has 7 heteroatoms. The van der Waals surface area contributed by atoms with Crippen LogP contribution >= 0.6 is 0 Å². The van der Waals surface area contributed by atoms with Gasteiger partial charge in [0.2, 0.25) is 10.0 Å². The van der Waals surface area contributed by atoms with E-state index in [1.54, 1.807) is 7.05 Å². The Morgan fingerprint density at radius 1 is 1.43 bits per heavy atom. The number of nitrogens with zero attached hydrogens (tertiary/aromatic N) is 1. The minimum atomic E-state index is -3.69. The second-order valence-electron chi connectivity index (χ2n) is 5.55. The van der Waals surface area contributed by atoms with Crippen LogP contribution in [0.1, 0.15) is 12.0 Å². The van der Waals surface area contributed by atoms with Gasteiger partial charge in [-0.1, -0.05) is 6.07 Å². The molecule has 1 atom stereocenters. The van der Waals surface area contributed by atoms with Gasteiger partial charge in [0.1, 0.15) is 5.82 Å². The van der Waals surface area contributed by atoms with E-state index in [0.29, 0.717) is 24.6 Å². The molecule has 0 radical (unpaired) electrons. The molecule has 1 heterocycles. The van der Waals surface area contributed by atoms with Crippen molar-refractivity contribution in [1.29, 1.82) is 0 Å². The summed E-state index contributed by atoms with van der Waals surface area (Å²) in [6.07, 6.45) is 0.978. The summed E-state index contributed by atoms with van der Waals surface area (Å²) in [6.45, 7) is 2.64. The van der Waals surface area contributed by atoms with Crippen LogP contribution in [0.25, 0.3) is 0 Å². The maximum Gasteiger partial charge on any atom is 0.241 e. The van der Waals surface area contributed by atoms with Crippen LogP contribution in [0.3, 0.4) is 0 Å². The molecule has 0 spiro atoms. The minimum Gasteiger partial charge on any atom is -0.316 e. The Bertz CT molecular complexity index is 592. The fraction of sp³-hybridized carbons (Fsp3) is 0.571. The van der Waals surface area contributed by atoms with Gasteiger partial charge in [-0.25, -0.2) is 17.5 Å². The first kappa shape index (κ1) is 16.4. The Morgan fingerprint density at radius 3 is 2.81 bits per heavy atom. The molecule has 5 nitrogen and oxygen atoms in total. The molecule has 1 saturated heterocycles. The standard InChI is InChI=1S/C14H22FN3O2S/c1-16-9-12-3-4-13(15)7-14(12)21(19,20)17-8-11-5-6-18(2)10-11/h3-4,7,11,16-17H,5-6,8-10H2,1-2H3. The van der Waals surface area contributed by atoms with Crippen molar-refractivity contribution in [3.63, 3.8) is 0 Å². The summed E-state index contributed by atoms with van der Waals surface area (Å²) < 4.78 is 40.8. The van der Waals surface area contributed by atoms with E-state index < -0.39 is 15.8 Å². The SMILES string of the molecule is CNCc1ccc(F)cc1S(=O)(=O)NCC1CCN(C)C1. The Hall–Kier alpha value is -1.02. The predicted octanol–water partition coefficient (Wildman–Crippen LogP) is 0.775. The van der Waals surface area contributed by atoms with E-state index in [-0.39, 0.29) is 4.90 Å². The summed E-state index contributed by atoms with van der Waals surface area (Å²) in [7, 11) is 0.0546. The molecule has 0 saturated carbocycles. The average molecular weight is 315 g/mol. The lowest BCUT2D eigenvalue weighted by molar-refractivity contribution is 0.394. The van der Waals surface area contributed by atoms with Crippen molar-refractivity contribution in [2.45, 2.75) is 17.9 Å². The fourth-order valence-corrected chi connectivity index (χ4v) is 3.98. The van der Waals surface area contributed by atoms with E-state index in [4.69, 9.17) is 0 Å². The molecule has 2 rings (SSSR count). The molecule has 0 aromatic heterocycles. The van der Waals surface area contributed by atoms with Crippen molar-refractivity contribution in [3.8, 4) is 0 Å². The molecule has 2 N–H and O–H groups in total. The highest BCUT2D eigenvalue weighted by molar-refractivity contribution is 7.89. The van der Waals surface area contributed by atoms with Gasteiger partial charge in [0.15, 0.2) is 0 Å². The molecule has 1 aromatic carbocycles. The van der Waals surface area contributed by atoms with Gasteiger partial charge in [0.05, 0.1) is 4.90 Å². The number of nitrogens with one attached hydrogen (secondary N) is 2. The summed E-state index contributed by atoms with van der Waals surface area (Å²) in [5, 5.41) is 2.90. The normalized spacial score (nSPS) is 20.0. The highest BCUT2D eigenvalue weighted by Gasteiger charge is 2.24. The first-order valence-electron chi connectivity index (χ1n) is 7.03. The van der Waals surface area contributed by atoms with Crippen molar-refractivity contribution in [1.82, 2.24) is 14.9 Å². The molecule has 1 fully saturated rings. The molecule has 0 bridgehead atoms. The number of sulfonamides is 1. The number of likely N-dealkylation sites (tertiary alicyclic amines) is 1. The number of hydrogen-bond donors (Lipinski definition) is 2. The molecule has 21 heavy (non-hydrogen) atoms. The predicted molar refractivity (Wildman–Crippen MR) is 80.0 cm³/mol. The van der Waals surface area contributed by atoms with Crippen molar-refractivity contribution < 1.29 is 12.8 Å². The van der Waals surface area contributed by atoms with Crippen molar-refractivity contribution in [2.24, 2.45) is 5.92 Å². The van der Waals surface area contributed by atoms with Gasteiger partial charge >= 0.3 is 0 Å². The van der Waals surface area contributed by atoms with E-state index in [1.807, 2.05) is 7.05 Å². The number of halogens is 1. The largest absolute Gasteiger partial charge is 0.316 e. The molecular formula is C14H22FN3O2S. The van der Waals surface area contributed by atoms with Gasteiger partial charge in [0, 0.05) is 19.6 Å². The Kier molecular flexibility index (Phi) is 5.32. The highest BCUT2D eigenvalue weighted by atomic mass is 32.2. The lowest BCUT2D eigenvalue weighted by Gasteiger charge is -2.14. The van der Waals surface area contributed by atoms with Crippen LogP contribution in [0.4, 0.5) is 4.39 Å². The zero-order valence-corrected chi connectivity index (χ0v) is 13.2. The van der Waals surface area contributed by atoms with E-state index in [0.717, 1.165) is 25.6 Å². The topological polar surface area (TPSA) is 61.4 Å². The third kappa shape index (κ3) is 4.23. The molecule has 1 aliphatic heterocycles. The summed E-state index contributed by atoms with van der Waals surface area (Å²) in [5.41, 5.74) is 0.565. The monoisotopic (exact) mass is 315 g/mol. The smallest absolute Gasteiger partial charge is 0.241 e. The minimum absolute atomic E-state index is 0.0169. The zero-order chi connectivity index (χ0) is 15.5. The van der Waals surface area contributed by atoms with Crippen molar-refractivity contribution in [3.05, 3.63) is 29.6 Å². The lowest BCUT2D eigenvalue weighted by Crippen LogP contribution is -2.31. The van der Waals surface area contributed by atoms with Gasteiger partial charge < -0.3 is 10.2 Å². The molecule has 0 amide bonds. The van der Waals surface area contributed by atoms with E-state index in [9.17, 15) is 12.8 Å². The zero-order valence-electron chi connectivity index (χ0n) is 12.4. The molecule has 0 aliphatic carbocycles. The fourth-order valence-electron chi connectivity index (χ4n) is 2.61. The van der Waals surface area contributed by atoms with E-state index >= 15 is 0 Å². The van der Waals surface area contributed by atoms with Crippen molar-refractivity contribution in [2.75, 3.05) is 33.7 Å². The summed E-state index contributed by atoms with van der Waals surface area (Å²) >= 11 is 0. The van der Waals surface area contributed by atoms with Crippen LogP contribution in [0.2, 0.25) is 0 Å². The quantitative estimate of drug-likeness (QED) is 0.814. The maximum atomic E-state index is 13.4.